The van der Waals surface area contributed by atoms with Gasteiger partial charge in [-0.05, 0) is 18.2 Å². The van der Waals surface area contributed by atoms with Crippen LogP contribution >= 0.6 is 15.9 Å². The Morgan fingerprint density at radius 1 is 1.47 bits per heavy atom. The highest BCUT2D eigenvalue weighted by Gasteiger charge is 2.03. The van der Waals surface area contributed by atoms with Crippen molar-refractivity contribution in [2.45, 2.75) is 0 Å². The molecule has 0 amide bonds. The van der Waals surface area contributed by atoms with Gasteiger partial charge in [0.05, 0.1) is 18.1 Å². The largest absolute Gasteiger partial charge is 0.452 e. The molecule has 4 nitrogen and oxygen atoms in total. The standard InChI is InChI=1S/C10H10BrN3O/c1-14-6-8(5-13-14)15-10-3-2-7(11)4-9(10)12/h2-6H,12H2,1H3. The Labute approximate surface area is 95.8 Å². The summed E-state index contributed by atoms with van der Waals surface area (Å²) < 4.78 is 8.16. The molecule has 1 aromatic heterocycles. The normalized spacial score (nSPS) is 10.3. The summed E-state index contributed by atoms with van der Waals surface area (Å²) in [6.45, 7) is 0. The van der Waals surface area contributed by atoms with Crippen molar-refractivity contribution >= 4 is 21.6 Å². The average Bonchev–Trinajstić information content (AvgIpc) is 2.56. The highest BCUT2D eigenvalue weighted by atomic mass is 79.9. The van der Waals surface area contributed by atoms with Crippen LogP contribution < -0.4 is 10.5 Å². The predicted molar refractivity (Wildman–Crippen MR) is 61.8 cm³/mol. The molecular weight excluding hydrogens is 258 g/mol. The van der Waals surface area contributed by atoms with E-state index in [0.717, 1.165) is 4.47 Å². The number of hydrogen-bond acceptors (Lipinski definition) is 3. The van der Waals surface area contributed by atoms with Crippen molar-refractivity contribution in [3.63, 3.8) is 0 Å². The Morgan fingerprint density at radius 2 is 2.27 bits per heavy atom. The molecule has 0 fully saturated rings. The van der Waals surface area contributed by atoms with Gasteiger partial charge in [-0.2, -0.15) is 5.10 Å². The molecule has 0 aliphatic rings. The molecule has 78 valence electrons. The number of aromatic nitrogens is 2. The fourth-order valence-corrected chi connectivity index (χ4v) is 1.57. The molecule has 0 aliphatic heterocycles. The first-order valence-electron chi connectivity index (χ1n) is 4.36. The molecule has 5 heteroatoms. The molecule has 15 heavy (non-hydrogen) atoms. The maximum absolute atomic E-state index is 5.79. The zero-order valence-corrected chi connectivity index (χ0v) is 9.73. The third-order valence-electron chi connectivity index (χ3n) is 1.88. The quantitative estimate of drug-likeness (QED) is 0.851. The molecule has 0 unspecified atom stereocenters. The molecule has 0 saturated carbocycles. The van der Waals surface area contributed by atoms with Crippen molar-refractivity contribution in [2.75, 3.05) is 5.73 Å². The van der Waals surface area contributed by atoms with Gasteiger partial charge < -0.3 is 10.5 Å². The number of ether oxygens (including phenoxy) is 1. The zero-order valence-electron chi connectivity index (χ0n) is 8.14. The van der Waals surface area contributed by atoms with Crippen molar-refractivity contribution in [3.8, 4) is 11.5 Å². The van der Waals surface area contributed by atoms with E-state index in [0.29, 0.717) is 17.2 Å². The molecule has 0 bridgehead atoms. The summed E-state index contributed by atoms with van der Waals surface area (Å²) in [7, 11) is 1.83. The van der Waals surface area contributed by atoms with Gasteiger partial charge in [0.25, 0.3) is 0 Å². The van der Waals surface area contributed by atoms with Crippen molar-refractivity contribution in [2.24, 2.45) is 7.05 Å². The van der Waals surface area contributed by atoms with E-state index in [4.69, 9.17) is 10.5 Å². The molecule has 0 saturated heterocycles. The number of rotatable bonds is 2. The highest BCUT2D eigenvalue weighted by molar-refractivity contribution is 9.10. The number of nitrogen functional groups attached to an aromatic ring is 1. The summed E-state index contributed by atoms with van der Waals surface area (Å²) >= 11 is 3.33. The van der Waals surface area contributed by atoms with Crippen LogP contribution in [-0.4, -0.2) is 9.78 Å². The number of hydrogen-bond donors (Lipinski definition) is 1. The van der Waals surface area contributed by atoms with Crippen LogP contribution in [0.4, 0.5) is 5.69 Å². The van der Waals surface area contributed by atoms with Crippen LogP contribution in [0.1, 0.15) is 0 Å². The van der Waals surface area contributed by atoms with Crippen LogP contribution in [0, 0.1) is 0 Å². The lowest BCUT2D eigenvalue weighted by Gasteiger charge is -2.05. The van der Waals surface area contributed by atoms with Crippen molar-refractivity contribution in [1.82, 2.24) is 9.78 Å². The number of anilines is 1. The van der Waals surface area contributed by atoms with Crippen molar-refractivity contribution in [3.05, 3.63) is 35.1 Å². The second-order valence-electron chi connectivity index (χ2n) is 3.13. The first-order valence-corrected chi connectivity index (χ1v) is 5.16. The fourth-order valence-electron chi connectivity index (χ4n) is 1.19. The highest BCUT2D eigenvalue weighted by Crippen LogP contribution is 2.29. The van der Waals surface area contributed by atoms with E-state index in [2.05, 4.69) is 21.0 Å². The zero-order chi connectivity index (χ0) is 10.8. The first-order chi connectivity index (χ1) is 7.15. The number of aryl methyl sites for hydroxylation is 1. The van der Waals surface area contributed by atoms with E-state index < -0.39 is 0 Å². The van der Waals surface area contributed by atoms with Gasteiger partial charge in [0.1, 0.15) is 0 Å². The summed E-state index contributed by atoms with van der Waals surface area (Å²) in [6.07, 6.45) is 3.42. The van der Waals surface area contributed by atoms with E-state index >= 15 is 0 Å². The predicted octanol–water partition coefficient (Wildman–Crippen LogP) is 2.56. The third kappa shape index (κ3) is 2.30. The molecule has 0 spiro atoms. The van der Waals surface area contributed by atoms with Gasteiger partial charge in [0.2, 0.25) is 0 Å². The second kappa shape index (κ2) is 3.94. The minimum atomic E-state index is 0.591. The molecule has 2 N–H and O–H groups in total. The Kier molecular flexibility index (Phi) is 2.64. The molecule has 0 atom stereocenters. The van der Waals surface area contributed by atoms with Gasteiger partial charge in [0.15, 0.2) is 11.5 Å². The van der Waals surface area contributed by atoms with Crippen molar-refractivity contribution in [1.29, 1.82) is 0 Å². The lowest BCUT2D eigenvalue weighted by atomic mass is 10.3. The van der Waals surface area contributed by atoms with Crippen LogP contribution in [0.3, 0.4) is 0 Å². The number of halogens is 1. The lowest BCUT2D eigenvalue weighted by molar-refractivity contribution is 0.484. The van der Waals surface area contributed by atoms with E-state index in [1.807, 2.05) is 19.2 Å². The van der Waals surface area contributed by atoms with Crippen LogP contribution in [-0.2, 0) is 7.05 Å². The summed E-state index contributed by atoms with van der Waals surface area (Å²) in [5.74, 6) is 1.30. The Hall–Kier alpha value is -1.49. The van der Waals surface area contributed by atoms with Crippen molar-refractivity contribution < 1.29 is 4.74 Å². The second-order valence-corrected chi connectivity index (χ2v) is 4.05. The van der Waals surface area contributed by atoms with Gasteiger partial charge >= 0.3 is 0 Å². The van der Waals surface area contributed by atoms with Crippen LogP contribution in [0.5, 0.6) is 11.5 Å². The fraction of sp³-hybridized carbons (Fsp3) is 0.100. The molecule has 2 rings (SSSR count). The lowest BCUT2D eigenvalue weighted by Crippen LogP contribution is -1.91. The maximum atomic E-state index is 5.79. The molecular formula is C10H10BrN3O. The first kappa shape index (κ1) is 10.0. The minimum Gasteiger partial charge on any atom is -0.452 e. The monoisotopic (exact) mass is 267 g/mol. The van der Waals surface area contributed by atoms with Gasteiger partial charge in [-0.15, -0.1) is 0 Å². The van der Waals surface area contributed by atoms with Crippen LogP contribution in [0.15, 0.2) is 35.1 Å². The third-order valence-corrected chi connectivity index (χ3v) is 2.37. The van der Waals surface area contributed by atoms with Gasteiger partial charge in [-0.1, -0.05) is 15.9 Å². The van der Waals surface area contributed by atoms with Gasteiger partial charge in [0, 0.05) is 11.5 Å². The van der Waals surface area contributed by atoms with Crippen LogP contribution in [0.25, 0.3) is 0 Å². The van der Waals surface area contributed by atoms with Crippen LogP contribution in [0.2, 0.25) is 0 Å². The Balaban J connectivity index is 2.24. The Bertz CT molecular complexity index is 481. The SMILES string of the molecule is Cn1cc(Oc2ccc(Br)cc2N)cn1. The van der Waals surface area contributed by atoms with E-state index in [-0.39, 0.29) is 0 Å². The maximum Gasteiger partial charge on any atom is 0.165 e. The minimum absolute atomic E-state index is 0.591. The Morgan fingerprint density at radius 3 is 2.87 bits per heavy atom. The van der Waals surface area contributed by atoms with Gasteiger partial charge in [-0.25, -0.2) is 0 Å². The van der Waals surface area contributed by atoms with Gasteiger partial charge in [-0.3, -0.25) is 4.68 Å². The molecule has 1 aromatic carbocycles. The summed E-state index contributed by atoms with van der Waals surface area (Å²) in [4.78, 5) is 0. The van der Waals surface area contributed by atoms with E-state index in [9.17, 15) is 0 Å². The number of nitrogens with zero attached hydrogens (tertiary/aromatic N) is 2. The molecule has 0 aliphatic carbocycles. The smallest absolute Gasteiger partial charge is 0.165 e. The topological polar surface area (TPSA) is 53.1 Å². The summed E-state index contributed by atoms with van der Waals surface area (Å²) in [5, 5.41) is 4.00. The average molecular weight is 268 g/mol. The molecule has 0 radical (unpaired) electrons. The summed E-state index contributed by atoms with van der Waals surface area (Å²) in [6, 6.07) is 5.49. The molecule has 1 heterocycles. The number of nitrogens with two attached hydrogens (primary N) is 1. The van der Waals surface area contributed by atoms with E-state index in [1.165, 1.54) is 0 Å². The van der Waals surface area contributed by atoms with E-state index in [1.54, 1.807) is 23.1 Å². The summed E-state index contributed by atoms with van der Waals surface area (Å²) in [5.41, 5.74) is 6.38. The molecule has 2 aromatic rings. The number of benzene rings is 1.